The normalized spacial score (nSPS) is 15.5. The first-order chi connectivity index (χ1) is 68.0. The van der Waals surface area contributed by atoms with E-state index in [1.807, 2.05) is 44.8 Å². The Balaban J connectivity index is -0.000000792. The largest absolute Gasteiger partial charge is 0.500 e. The Labute approximate surface area is 875 Å². The van der Waals surface area contributed by atoms with Crippen molar-refractivity contribution in [3.63, 3.8) is 0 Å². The molecule has 852 valence electrons. The lowest BCUT2D eigenvalue weighted by molar-refractivity contribution is -0.130. The Morgan fingerprint density at radius 2 is 0.629 bits per heavy atom. The van der Waals surface area contributed by atoms with E-state index < -0.39 is 102 Å². The number of aliphatic hydroxyl groups excluding tert-OH is 14. The molecule has 0 spiro atoms. The number of nitrogens with zero attached hydrogens (tertiary/aromatic N) is 1. The smallest absolute Gasteiger partial charge is 0.420 e. The first-order valence-electron chi connectivity index (χ1n) is 53.4. The third-order valence-corrected chi connectivity index (χ3v) is 45.7. The molecule has 1 saturated carbocycles. The maximum Gasteiger partial charge on any atom is 0.500 e. The fourth-order valence-corrected chi connectivity index (χ4v) is 24.3. The molecule has 143 heavy (non-hydrogen) atoms. The van der Waals surface area contributed by atoms with Crippen LogP contribution in [0.15, 0.2) is 48.5 Å². The topological polar surface area (TPSA) is 451 Å². The van der Waals surface area contributed by atoms with E-state index in [0.717, 1.165) is 163 Å². The van der Waals surface area contributed by atoms with Crippen LogP contribution >= 0.6 is 0 Å². The zero-order chi connectivity index (χ0) is 109. The van der Waals surface area contributed by atoms with Crippen LogP contribution in [0.1, 0.15) is 241 Å². The highest BCUT2D eigenvalue weighted by Gasteiger charge is 2.40. The second-order valence-corrected chi connectivity index (χ2v) is 68.6. The molecule has 39 heteroatoms. The standard InChI is InChI=1S/C18H39NO5Si.C17H30O5Si.C17H38O5Si.C15H26O4Si.C13H30O4Si.C13H30O3Si.C11H24O5Si/c1-19(14-11-15-25(4,23-2)24-3)18(22)13-10-8-6-5-7-9-12-17(21)16-20;1-20-23(2,3)11-8-15-4-6-16(7-5-15)13-21-9-10-22-14-17(19)12-18;1-20-23(2,3)15-9-7-5-4-6-8-10-17(19)16-22-14-13-21-12-11-18;1-18-20(2,3)9-8-13-4-6-14(7-5-13)11-19-12-15(17)10-16;1-16-18(3,17-2)11-9-7-5-4-6-8-10-13(15)12-14;1-16-17(2,3)11-9-7-5-4-6-8-10-13(15)12-14;1-14-17(15-2,16-3)7-6-9-4-5-10(12)11(13)8-9/h17,20-21H,5-16H2,1-4H3;4-7,17-19H,8-14H2,1-3H3;17-19H,4-16H2,1-3H3;4-7,15-17H,8-12H2,1-3H3;13-15H,4-12H2,1-3H3;13-15H,4-12H2,1-3H3;9-13H,4-8H2,1-3H3. The van der Waals surface area contributed by atoms with Crippen molar-refractivity contribution in [1.29, 1.82) is 0 Å². The molecule has 3 rings (SSSR count). The highest BCUT2D eigenvalue weighted by Crippen LogP contribution is 2.32. The molecular weight excluding hydrogens is 1960 g/mol. The van der Waals surface area contributed by atoms with Gasteiger partial charge in [-0.05, 0) is 207 Å². The summed E-state index contributed by atoms with van der Waals surface area (Å²) in [5.74, 6) is 0.630. The van der Waals surface area contributed by atoms with Gasteiger partial charge >= 0.3 is 25.9 Å². The highest BCUT2D eigenvalue weighted by atomic mass is 28.4. The van der Waals surface area contributed by atoms with Crippen LogP contribution in [-0.2, 0) is 103 Å². The van der Waals surface area contributed by atoms with Crippen LogP contribution in [-0.4, -0.2) is 375 Å². The lowest BCUT2D eigenvalue weighted by Gasteiger charge is -2.32. The average Bonchev–Trinajstić information content (AvgIpc) is 0.863. The van der Waals surface area contributed by atoms with Gasteiger partial charge in [0.05, 0.1) is 142 Å². The molecule has 9 atom stereocenters. The van der Waals surface area contributed by atoms with E-state index in [4.69, 9.17) is 123 Å². The SMILES string of the molecule is CO[Si](C)(C)CCCCCCCCC(O)CO.CO[Si](C)(C)CCCCCCCCC(O)COCCOCCO.CO[Si](C)(C)CCc1ccc(COCC(O)CO)cc1.CO[Si](C)(C)CCc1ccc(COCCOCC(O)CO)cc1.CO[Si](C)(CCCCCCCCC(O)CO)OC.CO[Si](C)(CCCN(C)C(=O)CCCCCCCCC(O)CO)OC.CO[Si](CCC1CCC(O)C(O)C1)(OC)OC. The molecule has 1 amide bonds. The molecule has 0 heterocycles. The van der Waals surface area contributed by atoms with E-state index in [2.05, 4.69) is 95.3 Å². The number of hydrogen-bond acceptors (Lipinski definition) is 31. The Hall–Kier alpha value is -1.77. The number of aryl methyl sites for hydroxylation is 2. The maximum atomic E-state index is 12.1. The molecule has 0 bridgehead atoms. The number of ether oxygens (including phenoxy) is 5. The van der Waals surface area contributed by atoms with Crippen LogP contribution in [0.25, 0.3) is 0 Å². The molecule has 0 saturated heterocycles. The number of amides is 1. The lowest BCUT2D eigenvalue weighted by atomic mass is 9.84. The second kappa shape index (κ2) is 94.9. The van der Waals surface area contributed by atoms with E-state index in [0.29, 0.717) is 84.5 Å². The van der Waals surface area contributed by atoms with Gasteiger partial charge in [0.15, 0.2) is 33.3 Å². The number of carbonyl (C=O) groups excluding carboxylic acids is 1. The van der Waals surface area contributed by atoms with Crippen molar-refractivity contribution in [3.05, 3.63) is 70.8 Å². The summed E-state index contributed by atoms with van der Waals surface area (Å²) in [6.45, 7) is 25.8. The maximum absolute atomic E-state index is 12.1. The minimum absolute atomic E-state index is 0.0364. The first-order valence-corrected chi connectivity index (χ1v) is 72.9. The van der Waals surface area contributed by atoms with E-state index in [9.17, 15) is 25.2 Å². The average molecular weight is 2170 g/mol. The van der Waals surface area contributed by atoms with Gasteiger partial charge in [0, 0.05) is 104 Å². The molecule has 1 fully saturated rings. The van der Waals surface area contributed by atoms with Gasteiger partial charge in [-0.15, -0.1) is 0 Å². The number of unbranched alkanes of at least 4 members (excludes halogenated alkanes) is 20. The monoisotopic (exact) mass is 2170 g/mol. The van der Waals surface area contributed by atoms with Crippen LogP contribution in [0.2, 0.25) is 108 Å². The predicted octanol–water partition coefficient (Wildman–Crippen LogP) is 15.7. The Kier molecular flexibility index (Phi) is 97.9. The Morgan fingerprint density at radius 1 is 0.322 bits per heavy atom. The van der Waals surface area contributed by atoms with Crippen molar-refractivity contribution in [3.8, 4) is 0 Å². The van der Waals surface area contributed by atoms with Crippen molar-refractivity contribution >= 4 is 65.1 Å². The van der Waals surface area contributed by atoms with Gasteiger partial charge in [0.1, 0.15) is 12.2 Å². The molecule has 0 aromatic heterocycles. The highest BCUT2D eigenvalue weighted by molar-refractivity contribution is 6.72. The predicted molar refractivity (Wildman–Crippen MR) is 590 cm³/mol. The summed E-state index contributed by atoms with van der Waals surface area (Å²) in [5, 5.41) is 127. The molecule has 2 aromatic rings. The summed E-state index contributed by atoms with van der Waals surface area (Å²) in [7, 11) is 8.80. The summed E-state index contributed by atoms with van der Waals surface area (Å²) in [5.41, 5.74) is 4.84. The molecule has 0 aliphatic heterocycles. The number of aliphatic hydroxyl groups is 14. The van der Waals surface area contributed by atoms with Crippen molar-refractivity contribution in [2.45, 2.75) is 401 Å². The van der Waals surface area contributed by atoms with E-state index in [-0.39, 0.29) is 64.9 Å². The molecule has 1 aliphatic rings. The molecular formula is C104H217NO31Si7. The van der Waals surface area contributed by atoms with Gasteiger partial charge in [0.2, 0.25) is 5.91 Å². The molecule has 1 aliphatic carbocycles. The van der Waals surface area contributed by atoms with Gasteiger partial charge in [-0.2, -0.15) is 0 Å². The molecule has 32 nitrogen and oxygen atoms in total. The van der Waals surface area contributed by atoms with Crippen LogP contribution < -0.4 is 0 Å². The quantitative estimate of drug-likeness (QED) is 0.0216. The van der Waals surface area contributed by atoms with Gasteiger partial charge in [0.25, 0.3) is 0 Å². The fourth-order valence-electron chi connectivity index (χ4n) is 14.8. The molecule has 9 unspecified atom stereocenters. The molecule has 0 radical (unpaired) electrons. The number of rotatable bonds is 83. The molecule has 2 aromatic carbocycles. The van der Waals surface area contributed by atoms with Crippen molar-refractivity contribution in [1.82, 2.24) is 4.90 Å². The zero-order valence-electron chi connectivity index (χ0n) is 93.9. The van der Waals surface area contributed by atoms with E-state index in [1.165, 1.54) is 113 Å². The summed E-state index contributed by atoms with van der Waals surface area (Å²) in [6.07, 6.45) is 32.9. The van der Waals surface area contributed by atoms with Gasteiger partial charge < -0.3 is 149 Å². The van der Waals surface area contributed by atoms with Crippen molar-refractivity contribution in [2.24, 2.45) is 5.92 Å². The van der Waals surface area contributed by atoms with Gasteiger partial charge in [-0.3, -0.25) is 4.79 Å². The van der Waals surface area contributed by atoms with Gasteiger partial charge in [-0.25, -0.2) is 0 Å². The molecule has 14 N–H and O–H groups in total. The minimum Gasteiger partial charge on any atom is -0.420 e. The lowest BCUT2D eigenvalue weighted by Crippen LogP contribution is -2.43. The first kappa shape index (κ1) is 147. The van der Waals surface area contributed by atoms with Crippen LogP contribution in [0.4, 0.5) is 0 Å². The van der Waals surface area contributed by atoms with Crippen molar-refractivity contribution in [2.75, 3.05) is 184 Å². The Bertz CT molecular complexity index is 3050. The van der Waals surface area contributed by atoms with Crippen LogP contribution in [0.3, 0.4) is 0 Å². The fraction of sp³-hybridized carbons (Fsp3) is 0.875. The van der Waals surface area contributed by atoms with Crippen molar-refractivity contribution < 1.29 is 149 Å². The number of carbonyl (C=O) groups is 1. The van der Waals surface area contributed by atoms with Gasteiger partial charge in [-0.1, -0.05) is 196 Å². The number of hydrogen-bond donors (Lipinski definition) is 14. The minimum atomic E-state index is -2.48. The number of benzene rings is 2. The van der Waals surface area contributed by atoms with E-state index in [1.54, 1.807) is 64.0 Å². The summed E-state index contributed by atoms with van der Waals surface area (Å²) < 4.78 is 86.5. The second-order valence-electron chi connectivity index (χ2n) is 40.7. The zero-order valence-corrected chi connectivity index (χ0v) is 101. The third-order valence-electron chi connectivity index (χ3n) is 26.5. The van der Waals surface area contributed by atoms with Crippen LogP contribution in [0, 0.1) is 5.92 Å². The van der Waals surface area contributed by atoms with Crippen LogP contribution in [0.5, 0.6) is 0 Å². The third kappa shape index (κ3) is 89.3. The summed E-state index contributed by atoms with van der Waals surface area (Å²) >= 11 is 0. The summed E-state index contributed by atoms with van der Waals surface area (Å²) in [4.78, 5) is 13.9. The Morgan fingerprint density at radius 3 is 0.986 bits per heavy atom. The summed E-state index contributed by atoms with van der Waals surface area (Å²) in [6, 6.07) is 24.2. The van der Waals surface area contributed by atoms with E-state index >= 15 is 0 Å².